The van der Waals surface area contributed by atoms with E-state index in [2.05, 4.69) is 39.7 Å². The van der Waals surface area contributed by atoms with Crippen LogP contribution < -0.4 is 25.4 Å². The molecule has 2 aromatic carbocycles. The molecule has 1 fully saturated rings. The van der Waals surface area contributed by atoms with E-state index in [1.54, 1.807) is 36.5 Å². The molecule has 0 unspecified atom stereocenters. The highest BCUT2D eigenvalue weighted by atomic mass is 32.1. The average Bonchev–Trinajstić information content (AvgIpc) is 3.46. The lowest BCUT2D eigenvalue weighted by molar-refractivity contribution is -0.00802. The van der Waals surface area contributed by atoms with Crippen molar-refractivity contribution in [2.45, 2.75) is 78.2 Å². The zero-order valence-electron chi connectivity index (χ0n) is 25.6. The van der Waals surface area contributed by atoms with E-state index in [1.165, 1.54) is 18.4 Å². The molecule has 43 heavy (non-hydrogen) atoms. The molecule has 0 bridgehead atoms. The molecule has 3 aromatic rings. The largest absolute Gasteiger partial charge is 0.493 e. The number of aromatic nitrogens is 1. The van der Waals surface area contributed by atoms with Crippen molar-refractivity contribution in [3.63, 3.8) is 0 Å². The van der Waals surface area contributed by atoms with Crippen molar-refractivity contribution < 1.29 is 23.8 Å². The summed E-state index contributed by atoms with van der Waals surface area (Å²) in [5.41, 5.74) is 2.15. The van der Waals surface area contributed by atoms with Crippen LogP contribution in [0.3, 0.4) is 0 Å². The van der Waals surface area contributed by atoms with Gasteiger partial charge in [0.2, 0.25) is 5.06 Å². The third kappa shape index (κ3) is 9.41. The van der Waals surface area contributed by atoms with Crippen molar-refractivity contribution in [3.8, 4) is 16.6 Å². The third-order valence-electron chi connectivity index (χ3n) is 7.57. The van der Waals surface area contributed by atoms with Gasteiger partial charge in [-0.2, -0.15) is 0 Å². The van der Waals surface area contributed by atoms with Crippen LogP contribution in [0.15, 0.2) is 48.7 Å². The van der Waals surface area contributed by atoms with Crippen LogP contribution in [0.2, 0.25) is 0 Å². The maximum absolute atomic E-state index is 12.8. The first-order valence-corrected chi connectivity index (χ1v) is 15.7. The van der Waals surface area contributed by atoms with Crippen LogP contribution in [0.1, 0.15) is 69.3 Å². The van der Waals surface area contributed by atoms with Crippen molar-refractivity contribution in [1.82, 2.24) is 15.2 Å². The Morgan fingerprint density at radius 2 is 1.74 bits per heavy atom. The molecule has 2 heterocycles. The number of hydrogen-bond acceptors (Lipinski definition) is 8. The van der Waals surface area contributed by atoms with Gasteiger partial charge >= 0.3 is 6.03 Å². The quantitative estimate of drug-likeness (QED) is 0.193. The fourth-order valence-electron chi connectivity index (χ4n) is 4.84. The van der Waals surface area contributed by atoms with Gasteiger partial charge in [-0.3, -0.25) is 10.1 Å². The van der Waals surface area contributed by atoms with Gasteiger partial charge in [0.05, 0.1) is 26.0 Å². The predicted octanol–water partition coefficient (Wildman–Crippen LogP) is 6.90. The zero-order chi connectivity index (χ0) is 30.8. The van der Waals surface area contributed by atoms with E-state index in [0.29, 0.717) is 45.6 Å². The van der Waals surface area contributed by atoms with Gasteiger partial charge in [0.1, 0.15) is 0 Å². The minimum atomic E-state index is -0.270. The Hall–Kier alpha value is -3.67. The minimum absolute atomic E-state index is 0.118. The highest BCUT2D eigenvalue weighted by Gasteiger charge is 2.21. The molecule has 1 aromatic heterocycles. The second kappa shape index (κ2) is 15.7. The van der Waals surface area contributed by atoms with Crippen molar-refractivity contribution in [3.05, 3.63) is 59.8 Å². The Labute approximate surface area is 258 Å². The molecule has 3 N–H and O–H groups in total. The molecule has 0 radical (unpaired) electrons. The summed E-state index contributed by atoms with van der Waals surface area (Å²) in [5.74, 6) is 0.650. The Morgan fingerprint density at radius 1 is 1.02 bits per heavy atom. The number of benzene rings is 2. The molecule has 1 saturated heterocycles. The molecule has 0 saturated carbocycles. The number of carbonyl (C=O) groups excluding carboxylic acids is 2. The van der Waals surface area contributed by atoms with Crippen LogP contribution in [-0.2, 0) is 11.3 Å². The number of urea groups is 1. The van der Waals surface area contributed by atoms with Crippen LogP contribution >= 0.6 is 11.3 Å². The summed E-state index contributed by atoms with van der Waals surface area (Å²) in [5, 5.41) is 9.49. The minimum Gasteiger partial charge on any atom is -0.493 e. The number of methoxy groups -OCH3 is 1. The number of piperidine rings is 1. The number of ether oxygens (including phenoxy) is 3. The molecule has 1 aliphatic rings. The fourth-order valence-corrected chi connectivity index (χ4v) is 5.52. The fraction of sp³-hybridized carbons (Fsp3) is 0.469. The van der Waals surface area contributed by atoms with Crippen LogP contribution in [0.4, 0.5) is 15.6 Å². The number of rotatable bonds is 13. The second-order valence-electron chi connectivity index (χ2n) is 10.9. The summed E-state index contributed by atoms with van der Waals surface area (Å²) in [6.07, 6.45) is 5.63. The Balaban J connectivity index is 1.27. The van der Waals surface area contributed by atoms with Crippen molar-refractivity contribution in [1.29, 1.82) is 0 Å². The lowest BCUT2D eigenvalue weighted by Crippen LogP contribution is -2.40. The highest BCUT2D eigenvalue weighted by Crippen LogP contribution is 2.37. The van der Waals surface area contributed by atoms with E-state index in [4.69, 9.17) is 14.2 Å². The molecule has 0 aliphatic carbocycles. The first-order valence-electron chi connectivity index (χ1n) is 14.9. The van der Waals surface area contributed by atoms with E-state index in [0.717, 1.165) is 44.3 Å². The van der Waals surface area contributed by atoms with Crippen LogP contribution in [-0.4, -0.2) is 60.2 Å². The number of carbonyl (C=O) groups is 2. The topological polar surface area (TPSA) is 114 Å². The Kier molecular flexibility index (Phi) is 11.8. The van der Waals surface area contributed by atoms with Gasteiger partial charge in [-0.05, 0) is 69.4 Å². The Morgan fingerprint density at radius 3 is 2.40 bits per heavy atom. The van der Waals surface area contributed by atoms with Gasteiger partial charge in [-0.1, -0.05) is 37.3 Å². The molecule has 1 aliphatic heterocycles. The van der Waals surface area contributed by atoms with Gasteiger partial charge < -0.3 is 29.7 Å². The molecule has 0 spiro atoms. The summed E-state index contributed by atoms with van der Waals surface area (Å²) >= 11 is 1.20. The molecule has 10 nitrogen and oxygen atoms in total. The smallest absolute Gasteiger partial charge is 0.319 e. The van der Waals surface area contributed by atoms with Crippen LogP contribution in [0.5, 0.6) is 16.6 Å². The molecular weight excluding hydrogens is 566 g/mol. The monoisotopic (exact) mass is 609 g/mol. The first-order chi connectivity index (χ1) is 20.8. The second-order valence-corrected chi connectivity index (χ2v) is 11.8. The van der Waals surface area contributed by atoms with Crippen molar-refractivity contribution in [2.24, 2.45) is 0 Å². The van der Waals surface area contributed by atoms with Crippen LogP contribution in [0.25, 0.3) is 0 Å². The summed E-state index contributed by atoms with van der Waals surface area (Å²) in [6.45, 7) is 11.2. The van der Waals surface area contributed by atoms with Crippen molar-refractivity contribution in [2.75, 3.05) is 30.8 Å². The molecule has 232 valence electrons. The molecular formula is C32H43N5O5S. The van der Waals surface area contributed by atoms with Gasteiger partial charge in [-0.15, -0.1) is 0 Å². The van der Waals surface area contributed by atoms with Crippen molar-refractivity contribution >= 4 is 34.1 Å². The lowest BCUT2D eigenvalue weighted by atomic mass is 10.1. The number of amides is 3. The number of anilines is 2. The number of nitrogens with zero attached hydrogens (tertiary/aromatic N) is 2. The zero-order valence-corrected chi connectivity index (χ0v) is 26.5. The normalized spacial score (nSPS) is 14.1. The van der Waals surface area contributed by atoms with Gasteiger partial charge in [0.25, 0.3) is 5.91 Å². The summed E-state index contributed by atoms with van der Waals surface area (Å²) in [7, 11) is 1.53. The number of thiazole rings is 1. The summed E-state index contributed by atoms with van der Waals surface area (Å²) < 4.78 is 17.6. The maximum Gasteiger partial charge on any atom is 0.319 e. The maximum atomic E-state index is 12.8. The highest BCUT2D eigenvalue weighted by molar-refractivity contribution is 7.17. The van der Waals surface area contributed by atoms with E-state index < -0.39 is 0 Å². The van der Waals surface area contributed by atoms with E-state index in [1.807, 2.05) is 26.0 Å². The standard InChI is InChI=1S/C32H43N5O5S/c1-6-24(7-2)34-31(39)35-25-12-13-27(28(18-25)40-5)42-29-19-33-32(43-29)36-30(38)23-10-8-22(9-11-23)20-41-26-14-16-37(17-15-26)21(3)4/h8-13,18-19,21,24,26H,6-7,14-17,20H2,1-5H3,(H,33,36,38)(H2,34,35,39). The van der Waals surface area contributed by atoms with E-state index in [-0.39, 0.29) is 24.1 Å². The average molecular weight is 610 g/mol. The van der Waals surface area contributed by atoms with E-state index in [9.17, 15) is 9.59 Å². The lowest BCUT2D eigenvalue weighted by Gasteiger charge is -2.34. The number of hydrogen-bond donors (Lipinski definition) is 3. The molecule has 11 heteroatoms. The number of nitrogens with one attached hydrogen (secondary N) is 3. The SMILES string of the molecule is CCC(CC)NC(=O)Nc1ccc(Oc2cnc(NC(=O)c3ccc(COC4CCN(C(C)C)CC4)cc3)s2)c(OC)c1. The predicted molar refractivity (Wildman–Crippen MR) is 171 cm³/mol. The first kappa shape index (κ1) is 32.2. The summed E-state index contributed by atoms with van der Waals surface area (Å²) in [6, 6.07) is 13.0. The molecule has 3 amide bonds. The summed E-state index contributed by atoms with van der Waals surface area (Å²) in [4.78, 5) is 31.9. The molecule has 4 rings (SSSR count). The third-order valence-corrected chi connectivity index (χ3v) is 8.36. The van der Waals surface area contributed by atoms with Gasteiger partial charge in [-0.25, -0.2) is 9.78 Å². The number of likely N-dealkylation sites (tertiary alicyclic amines) is 1. The van der Waals surface area contributed by atoms with Gasteiger partial charge in [0.15, 0.2) is 16.6 Å². The Bertz CT molecular complexity index is 1330. The molecule has 0 atom stereocenters. The van der Waals surface area contributed by atoms with E-state index >= 15 is 0 Å². The van der Waals surface area contributed by atoms with Crippen LogP contribution in [0, 0.1) is 0 Å². The van der Waals surface area contributed by atoms with Gasteiger partial charge in [0, 0.05) is 42.5 Å².